The Balaban J connectivity index is 1.71. The quantitative estimate of drug-likeness (QED) is 0.764. The lowest BCUT2D eigenvalue weighted by Gasteiger charge is -2.21. The smallest absolute Gasteiger partial charge is 0.303 e. The highest BCUT2D eigenvalue weighted by Crippen LogP contribution is 2.49. The molecule has 1 heterocycles. The highest BCUT2D eigenvalue weighted by atomic mass is 16.4. The van der Waals surface area contributed by atoms with Gasteiger partial charge in [0, 0.05) is 25.9 Å². The molecule has 2 aliphatic rings. The van der Waals surface area contributed by atoms with E-state index in [1.54, 1.807) is 0 Å². The van der Waals surface area contributed by atoms with Gasteiger partial charge in [0.2, 0.25) is 0 Å². The van der Waals surface area contributed by atoms with Crippen molar-refractivity contribution in [1.82, 2.24) is 4.90 Å². The van der Waals surface area contributed by atoms with Gasteiger partial charge < -0.3 is 10.0 Å². The monoisotopic (exact) mass is 236 g/mol. The second-order valence-corrected chi connectivity index (χ2v) is 5.66. The third-order valence-corrected chi connectivity index (χ3v) is 4.11. The van der Waals surface area contributed by atoms with Crippen molar-refractivity contribution < 1.29 is 9.90 Å². The average molecular weight is 236 g/mol. The minimum Gasteiger partial charge on any atom is -0.481 e. The normalized spacial score (nSPS) is 26.6. The fraction of sp³-hybridized carbons (Fsp3) is 0.846. The van der Waals surface area contributed by atoms with Crippen molar-refractivity contribution in [1.29, 1.82) is 5.26 Å². The molecule has 2 fully saturated rings. The number of carboxylic acid groups (broad SMARTS) is 1. The lowest BCUT2D eigenvalue weighted by Crippen LogP contribution is -2.28. The molecule has 0 aromatic rings. The fourth-order valence-corrected chi connectivity index (χ4v) is 2.83. The highest BCUT2D eigenvalue weighted by molar-refractivity contribution is 5.66. The van der Waals surface area contributed by atoms with Gasteiger partial charge >= 0.3 is 5.97 Å². The molecule has 0 radical (unpaired) electrons. The molecule has 1 unspecified atom stereocenters. The van der Waals surface area contributed by atoms with Gasteiger partial charge in [0.15, 0.2) is 0 Å². The van der Waals surface area contributed by atoms with Gasteiger partial charge in [-0.05, 0) is 43.6 Å². The van der Waals surface area contributed by atoms with E-state index in [1.165, 1.54) is 12.8 Å². The lowest BCUT2D eigenvalue weighted by atomic mass is 10.0. The van der Waals surface area contributed by atoms with Gasteiger partial charge in [0.1, 0.15) is 0 Å². The third-order valence-electron chi connectivity index (χ3n) is 4.11. The first kappa shape index (κ1) is 12.4. The summed E-state index contributed by atoms with van der Waals surface area (Å²) in [4.78, 5) is 12.9. The minimum atomic E-state index is -0.688. The van der Waals surface area contributed by atoms with E-state index in [0.29, 0.717) is 18.8 Å². The zero-order chi connectivity index (χ0) is 12.3. The summed E-state index contributed by atoms with van der Waals surface area (Å²) in [6.07, 6.45) is 5.28. The predicted octanol–water partition coefficient (Wildman–Crippen LogP) is 1.87. The van der Waals surface area contributed by atoms with E-state index >= 15 is 0 Å². The van der Waals surface area contributed by atoms with Crippen molar-refractivity contribution in [2.75, 3.05) is 19.6 Å². The van der Waals surface area contributed by atoms with Crippen molar-refractivity contribution in [3.8, 4) is 6.07 Å². The largest absolute Gasteiger partial charge is 0.481 e. The molecule has 1 atom stereocenters. The molecule has 1 saturated carbocycles. The summed E-state index contributed by atoms with van der Waals surface area (Å²) in [5.41, 5.74) is 0.288. The number of aliphatic carboxylic acids is 1. The van der Waals surface area contributed by atoms with Gasteiger partial charge in [-0.15, -0.1) is 0 Å². The zero-order valence-corrected chi connectivity index (χ0v) is 10.2. The highest BCUT2D eigenvalue weighted by Gasteiger charge is 2.44. The second-order valence-electron chi connectivity index (χ2n) is 5.66. The number of nitriles is 1. The molecule has 1 aliphatic carbocycles. The Bertz CT molecular complexity index is 331. The molecule has 1 aliphatic heterocycles. The van der Waals surface area contributed by atoms with Crippen LogP contribution in [-0.2, 0) is 4.79 Å². The van der Waals surface area contributed by atoms with Crippen LogP contribution in [0.3, 0.4) is 0 Å². The van der Waals surface area contributed by atoms with E-state index in [9.17, 15) is 4.79 Å². The molecular weight excluding hydrogens is 216 g/mol. The number of carbonyl (C=O) groups is 1. The lowest BCUT2D eigenvalue weighted by molar-refractivity contribution is -0.137. The number of likely N-dealkylation sites (tertiary alicyclic amines) is 1. The van der Waals surface area contributed by atoms with Crippen LogP contribution in [-0.4, -0.2) is 35.6 Å². The van der Waals surface area contributed by atoms with Crippen LogP contribution in [0.15, 0.2) is 0 Å². The molecule has 1 N–H and O–H groups in total. The van der Waals surface area contributed by atoms with Gasteiger partial charge in [-0.1, -0.05) is 0 Å². The number of hydrogen-bond acceptors (Lipinski definition) is 3. The first-order valence-corrected chi connectivity index (χ1v) is 6.45. The summed E-state index contributed by atoms with van der Waals surface area (Å²) in [6.45, 7) is 3.15. The molecule has 17 heavy (non-hydrogen) atoms. The molecule has 4 nitrogen and oxygen atoms in total. The second kappa shape index (κ2) is 5.05. The summed E-state index contributed by atoms with van der Waals surface area (Å²) < 4.78 is 0. The number of hydrogen-bond donors (Lipinski definition) is 1. The molecule has 0 bridgehead atoms. The van der Waals surface area contributed by atoms with E-state index in [4.69, 9.17) is 10.4 Å². The van der Waals surface area contributed by atoms with Gasteiger partial charge in [-0.3, -0.25) is 4.79 Å². The molecule has 0 spiro atoms. The SMILES string of the molecule is N#CCC1(CN2CCC(CCC(=O)O)C2)CC1. The maximum atomic E-state index is 10.5. The van der Waals surface area contributed by atoms with Crippen LogP contribution in [0, 0.1) is 22.7 Å². The first-order chi connectivity index (χ1) is 8.13. The molecule has 2 rings (SSSR count). The van der Waals surface area contributed by atoms with Crippen LogP contribution in [0.1, 0.15) is 38.5 Å². The van der Waals surface area contributed by atoms with Crippen LogP contribution < -0.4 is 0 Å². The predicted molar refractivity (Wildman–Crippen MR) is 63.3 cm³/mol. The van der Waals surface area contributed by atoms with Crippen molar-refractivity contribution >= 4 is 5.97 Å². The van der Waals surface area contributed by atoms with E-state index in [1.807, 2.05) is 0 Å². The van der Waals surface area contributed by atoms with Gasteiger partial charge in [-0.2, -0.15) is 5.26 Å². The zero-order valence-electron chi connectivity index (χ0n) is 10.2. The topological polar surface area (TPSA) is 64.3 Å². The Morgan fingerprint density at radius 3 is 2.88 bits per heavy atom. The Morgan fingerprint density at radius 1 is 1.53 bits per heavy atom. The maximum Gasteiger partial charge on any atom is 0.303 e. The van der Waals surface area contributed by atoms with Crippen molar-refractivity contribution in [3.05, 3.63) is 0 Å². The Morgan fingerprint density at radius 2 is 2.29 bits per heavy atom. The molecule has 94 valence electrons. The van der Waals surface area contributed by atoms with Crippen molar-refractivity contribution in [3.63, 3.8) is 0 Å². The Kier molecular flexibility index (Phi) is 3.68. The van der Waals surface area contributed by atoms with Gasteiger partial charge in [-0.25, -0.2) is 0 Å². The number of rotatable bonds is 6. The van der Waals surface area contributed by atoms with Gasteiger partial charge in [0.05, 0.1) is 6.07 Å². The van der Waals surface area contributed by atoms with E-state index < -0.39 is 5.97 Å². The first-order valence-electron chi connectivity index (χ1n) is 6.45. The van der Waals surface area contributed by atoms with E-state index in [0.717, 1.165) is 32.5 Å². The molecule has 1 saturated heterocycles. The third kappa shape index (κ3) is 3.44. The maximum absolute atomic E-state index is 10.5. The Labute approximate surface area is 102 Å². The standard InChI is InChI=1S/C13H20N2O2/c14-7-6-13(4-5-13)10-15-8-3-11(9-15)1-2-12(16)17/h11H,1-6,8-10H2,(H,16,17). The van der Waals surface area contributed by atoms with Crippen LogP contribution in [0.2, 0.25) is 0 Å². The summed E-state index contributed by atoms with van der Waals surface area (Å²) in [7, 11) is 0. The van der Waals surface area contributed by atoms with E-state index in [2.05, 4.69) is 11.0 Å². The molecular formula is C13H20N2O2. The minimum absolute atomic E-state index is 0.288. The summed E-state index contributed by atoms with van der Waals surface area (Å²) in [5.74, 6) is -0.143. The van der Waals surface area contributed by atoms with Crippen molar-refractivity contribution in [2.45, 2.75) is 38.5 Å². The summed E-state index contributed by atoms with van der Waals surface area (Å²) in [6, 6.07) is 2.29. The average Bonchev–Trinajstić information content (AvgIpc) is 2.87. The molecule has 0 amide bonds. The van der Waals surface area contributed by atoms with Gasteiger partial charge in [0.25, 0.3) is 0 Å². The van der Waals surface area contributed by atoms with Crippen LogP contribution >= 0.6 is 0 Å². The number of carboxylic acids is 1. The van der Waals surface area contributed by atoms with Crippen LogP contribution in [0.5, 0.6) is 0 Å². The molecule has 0 aromatic carbocycles. The molecule has 0 aromatic heterocycles. The Hall–Kier alpha value is -1.08. The molecule has 4 heteroatoms. The van der Waals surface area contributed by atoms with Crippen molar-refractivity contribution in [2.24, 2.45) is 11.3 Å². The van der Waals surface area contributed by atoms with Crippen LogP contribution in [0.25, 0.3) is 0 Å². The van der Waals surface area contributed by atoms with E-state index in [-0.39, 0.29) is 5.41 Å². The summed E-state index contributed by atoms with van der Waals surface area (Å²) >= 11 is 0. The van der Waals surface area contributed by atoms with Crippen LogP contribution in [0.4, 0.5) is 0 Å². The number of nitrogens with zero attached hydrogens (tertiary/aromatic N) is 2. The fourth-order valence-electron chi connectivity index (χ4n) is 2.83. The summed E-state index contributed by atoms with van der Waals surface area (Å²) in [5, 5.41) is 17.4.